The Morgan fingerprint density at radius 3 is 2.56 bits per heavy atom. The minimum atomic E-state index is -0.155. The molecule has 2 heterocycles. The van der Waals surface area contributed by atoms with E-state index in [4.69, 9.17) is 4.74 Å². The summed E-state index contributed by atoms with van der Waals surface area (Å²) in [7, 11) is 0. The standard InChI is InChI=1S/C26H35N3O3/c1-18(29-15-19(2)32-20(3)16-29)14-27-25(30)22-10-7-13-28(17-22)26(31)24-12-6-9-21-8-4-5-11-23(21)24/h4-6,8-9,11-12,18-20,22H,7,10,13-17H2,1-3H3,(H,27,30). The summed E-state index contributed by atoms with van der Waals surface area (Å²) in [4.78, 5) is 30.5. The Balaban J connectivity index is 1.35. The number of nitrogens with zero attached hydrogens (tertiary/aromatic N) is 2. The fourth-order valence-electron chi connectivity index (χ4n) is 5.06. The highest BCUT2D eigenvalue weighted by Crippen LogP contribution is 2.24. The molecule has 2 fully saturated rings. The minimum absolute atomic E-state index is 0.0176. The molecule has 4 atom stereocenters. The van der Waals surface area contributed by atoms with Crippen molar-refractivity contribution >= 4 is 22.6 Å². The third-order valence-corrected chi connectivity index (χ3v) is 6.74. The van der Waals surface area contributed by atoms with Gasteiger partial charge in [0.1, 0.15) is 0 Å². The Labute approximate surface area is 190 Å². The zero-order chi connectivity index (χ0) is 22.7. The second kappa shape index (κ2) is 10.0. The highest BCUT2D eigenvalue weighted by atomic mass is 16.5. The van der Waals surface area contributed by atoms with Crippen molar-refractivity contribution in [2.45, 2.75) is 51.9 Å². The minimum Gasteiger partial charge on any atom is -0.373 e. The molecule has 2 aliphatic rings. The van der Waals surface area contributed by atoms with Crippen LogP contribution in [-0.2, 0) is 9.53 Å². The van der Waals surface area contributed by atoms with Gasteiger partial charge >= 0.3 is 0 Å². The summed E-state index contributed by atoms with van der Waals surface area (Å²) in [5, 5.41) is 5.18. The number of ether oxygens (including phenoxy) is 1. The van der Waals surface area contributed by atoms with Gasteiger partial charge in [-0.2, -0.15) is 0 Å². The molecule has 0 aromatic heterocycles. The van der Waals surface area contributed by atoms with Crippen molar-refractivity contribution in [2.75, 3.05) is 32.7 Å². The van der Waals surface area contributed by atoms with Crippen molar-refractivity contribution in [2.24, 2.45) is 5.92 Å². The Hall–Kier alpha value is -2.44. The number of amides is 2. The lowest BCUT2D eigenvalue weighted by Gasteiger charge is -2.39. The number of hydrogen-bond donors (Lipinski definition) is 1. The summed E-state index contributed by atoms with van der Waals surface area (Å²) < 4.78 is 5.82. The molecule has 172 valence electrons. The van der Waals surface area contributed by atoms with Gasteiger partial charge in [-0.1, -0.05) is 36.4 Å². The third kappa shape index (κ3) is 5.13. The van der Waals surface area contributed by atoms with E-state index in [1.165, 1.54) is 0 Å². The van der Waals surface area contributed by atoms with Crippen LogP contribution < -0.4 is 5.32 Å². The van der Waals surface area contributed by atoms with Crippen LogP contribution in [0.25, 0.3) is 10.8 Å². The molecule has 0 radical (unpaired) electrons. The van der Waals surface area contributed by atoms with Crippen LogP contribution in [0.3, 0.4) is 0 Å². The number of rotatable bonds is 5. The summed E-state index contributed by atoms with van der Waals surface area (Å²) >= 11 is 0. The van der Waals surface area contributed by atoms with Crippen molar-refractivity contribution in [3.8, 4) is 0 Å². The van der Waals surface area contributed by atoms with E-state index in [1.807, 2.05) is 47.4 Å². The maximum atomic E-state index is 13.3. The molecule has 0 aliphatic carbocycles. The molecular formula is C26H35N3O3. The molecule has 6 nitrogen and oxygen atoms in total. The van der Waals surface area contributed by atoms with E-state index in [0.29, 0.717) is 25.2 Å². The summed E-state index contributed by atoms with van der Waals surface area (Å²) in [6, 6.07) is 14.1. The Kier molecular flexibility index (Phi) is 7.11. The van der Waals surface area contributed by atoms with Gasteiger partial charge in [-0.25, -0.2) is 0 Å². The molecule has 0 saturated carbocycles. The normalized spacial score (nSPS) is 25.5. The van der Waals surface area contributed by atoms with Crippen LogP contribution in [0.4, 0.5) is 0 Å². The van der Waals surface area contributed by atoms with Crippen LogP contribution in [0.2, 0.25) is 0 Å². The lowest BCUT2D eigenvalue weighted by atomic mass is 9.95. The van der Waals surface area contributed by atoms with Crippen LogP contribution in [0.15, 0.2) is 42.5 Å². The summed E-state index contributed by atoms with van der Waals surface area (Å²) in [5.41, 5.74) is 0.716. The average Bonchev–Trinajstić information content (AvgIpc) is 2.81. The third-order valence-electron chi connectivity index (χ3n) is 6.74. The van der Waals surface area contributed by atoms with Gasteiger partial charge in [-0.15, -0.1) is 0 Å². The number of carbonyl (C=O) groups is 2. The number of benzene rings is 2. The first-order valence-electron chi connectivity index (χ1n) is 11.9. The summed E-state index contributed by atoms with van der Waals surface area (Å²) in [6.07, 6.45) is 2.10. The van der Waals surface area contributed by atoms with E-state index in [0.717, 1.165) is 36.7 Å². The van der Waals surface area contributed by atoms with E-state index >= 15 is 0 Å². The zero-order valence-corrected chi connectivity index (χ0v) is 19.4. The Morgan fingerprint density at radius 1 is 1.06 bits per heavy atom. The Morgan fingerprint density at radius 2 is 1.78 bits per heavy atom. The lowest BCUT2D eigenvalue weighted by Crippen LogP contribution is -2.53. The van der Waals surface area contributed by atoms with E-state index in [9.17, 15) is 9.59 Å². The topological polar surface area (TPSA) is 61.9 Å². The predicted molar refractivity (Wildman–Crippen MR) is 127 cm³/mol. The monoisotopic (exact) mass is 437 g/mol. The van der Waals surface area contributed by atoms with Crippen LogP contribution in [0.1, 0.15) is 44.0 Å². The zero-order valence-electron chi connectivity index (χ0n) is 19.4. The van der Waals surface area contributed by atoms with E-state index in [-0.39, 0.29) is 36.0 Å². The van der Waals surface area contributed by atoms with Crippen molar-refractivity contribution in [1.82, 2.24) is 15.1 Å². The van der Waals surface area contributed by atoms with Crippen LogP contribution in [0.5, 0.6) is 0 Å². The molecule has 1 N–H and O–H groups in total. The lowest BCUT2D eigenvalue weighted by molar-refractivity contribution is -0.126. The molecule has 0 spiro atoms. The first-order valence-corrected chi connectivity index (χ1v) is 11.9. The molecule has 6 heteroatoms. The quantitative estimate of drug-likeness (QED) is 0.780. The molecule has 32 heavy (non-hydrogen) atoms. The van der Waals surface area contributed by atoms with Crippen molar-refractivity contribution in [1.29, 1.82) is 0 Å². The second-order valence-electron chi connectivity index (χ2n) is 9.42. The number of morpholine rings is 1. The molecule has 0 bridgehead atoms. The van der Waals surface area contributed by atoms with Gasteiger partial charge in [0.2, 0.25) is 5.91 Å². The van der Waals surface area contributed by atoms with Crippen molar-refractivity contribution in [3.05, 3.63) is 48.0 Å². The number of nitrogens with one attached hydrogen (secondary N) is 1. The Bertz CT molecular complexity index is 947. The van der Waals surface area contributed by atoms with E-state index in [2.05, 4.69) is 31.0 Å². The van der Waals surface area contributed by atoms with Gasteiger partial charge in [0, 0.05) is 44.3 Å². The van der Waals surface area contributed by atoms with Crippen LogP contribution >= 0.6 is 0 Å². The molecule has 2 aromatic rings. The number of piperidine rings is 1. The maximum absolute atomic E-state index is 13.3. The fraction of sp³-hybridized carbons (Fsp3) is 0.538. The summed E-state index contributed by atoms with van der Waals surface area (Å²) in [5.74, 6) is -0.0806. The van der Waals surface area contributed by atoms with Gasteiger partial charge in [-0.3, -0.25) is 14.5 Å². The number of hydrogen-bond acceptors (Lipinski definition) is 4. The molecule has 2 amide bonds. The predicted octanol–water partition coefficient (Wildman–Crippen LogP) is 3.31. The van der Waals surface area contributed by atoms with Gasteiger partial charge < -0.3 is 15.0 Å². The molecule has 4 rings (SSSR count). The molecule has 2 saturated heterocycles. The maximum Gasteiger partial charge on any atom is 0.254 e. The van der Waals surface area contributed by atoms with Crippen molar-refractivity contribution < 1.29 is 14.3 Å². The molecule has 2 aromatic carbocycles. The van der Waals surface area contributed by atoms with E-state index < -0.39 is 0 Å². The largest absolute Gasteiger partial charge is 0.373 e. The second-order valence-corrected chi connectivity index (χ2v) is 9.42. The molecule has 4 unspecified atom stereocenters. The smallest absolute Gasteiger partial charge is 0.254 e. The SMILES string of the molecule is CC1CN(C(C)CNC(=O)C2CCCN(C(=O)c3cccc4ccccc34)C2)CC(C)O1. The van der Waals surface area contributed by atoms with Gasteiger partial charge in [0.05, 0.1) is 18.1 Å². The highest BCUT2D eigenvalue weighted by molar-refractivity contribution is 6.07. The first kappa shape index (κ1) is 22.7. The average molecular weight is 438 g/mol. The van der Waals surface area contributed by atoms with Crippen molar-refractivity contribution in [3.63, 3.8) is 0 Å². The van der Waals surface area contributed by atoms with Crippen LogP contribution in [-0.4, -0.2) is 72.6 Å². The molecular weight excluding hydrogens is 402 g/mol. The number of likely N-dealkylation sites (tertiary alicyclic amines) is 1. The van der Waals surface area contributed by atoms with Crippen LogP contribution in [0, 0.1) is 5.92 Å². The first-order chi connectivity index (χ1) is 15.4. The van der Waals surface area contributed by atoms with Gasteiger partial charge in [-0.05, 0) is 50.5 Å². The summed E-state index contributed by atoms with van der Waals surface area (Å²) in [6.45, 7) is 9.92. The fourth-order valence-corrected chi connectivity index (χ4v) is 5.06. The van der Waals surface area contributed by atoms with Gasteiger partial charge in [0.15, 0.2) is 0 Å². The highest BCUT2D eigenvalue weighted by Gasteiger charge is 2.30. The number of fused-ring (bicyclic) bond motifs is 1. The van der Waals surface area contributed by atoms with Gasteiger partial charge in [0.25, 0.3) is 5.91 Å². The number of carbonyl (C=O) groups excluding carboxylic acids is 2. The van der Waals surface area contributed by atoms with E-state index in [1.54, 1.807) is 0 Å². The molecule has 2 aliphatic heterocycles.